The van der Waals surface area contributed by atoms with Crippen molar-refractivity contribution in [3.05, 3.63) is 118 Å². The summed E-state index contributed by atoms with van der Waals surface area (Å²) in [4.78, 5) is 41.9. The van der Waals surface area contributed by atoms with E-state index in [1.54, 1.807) is 42.6 Å². The predicted molar refractivity (Wildman–Crippen MR) is 165 cm³/mol. The molecule has 0 saturated carbocycles. The Morgan fingerprint density at radius 2 is 1.58 bits per heavy atom. The fraction of sp³-hybridized carbons (Fsp3) is 0.176. The lowest BCUT2D eigenvalue weighted by Gasteiger charge is -2.18. The SMILES string of the molecule is COC(=O)c1ccc(-c2nc3cc(C(=O)NC(CC(=O)O)c4ccc(C)cc4)ccn3c2Nc2c(C)cccc2C)cc1. The van der Waals surface area contributed by atoms with Gasteiger partial charge in [0, 0.05) is 23.0 Å². The number of amides is 1. The Morgan fingerprint density at radius 1 is 0.907 bits per heavy atom. The Hall–Kier alpha value is -5.44. The summed E-state index contributed by atoms with van der Waals surface area (Å²) in [7, 11) is 1.34. The molecular weight excluding hydrogens is 544 g/mol. The number of rotatable bonds is 9. The smallest absolute Gasteiger partial charge is 0.337 e. The van der Waals surface area contributed by atoms with Crippen LogP contribution in [0.4, 0.5) is 11.5 Å². The van der Waals surface area contributed by atoms with Crippen molar-refractivity contribution in [2.24, 2.45) is 0 Å². The van der Waals surface area contributed by atoms with Crippen LogP contribution < -0.4 is 10.6 Å². The standard InChI is InChI=1S/C34H32N4O5/c1-20-8-10-23(11-9-20)27(19-29(39)40)35-33(41)26-16-17-38-28(18-26)36-31(24-12-14-25(15-13-24)34(42)43-4)32(38)37-30-21(2)6-5-7-22(30)3/h5-18,27,37H,19H2,1-4H3,(H,35,41)(H,39,40). The lowest BCUT2D eigenvalue weighted by molar-refractivity contribution is -0.137. The number of para-hydroxylation sites is 1. The summed E-state index contributed by atoms with van der Waals surface area (Å²) in [6.07, 6.45) is 1.51. The number of benzene rings is 3. The molecule has 218 valence electrons. The lowest BCUT2D eigenvalue weighted by Crippen LogP contribution is -2.30. The molecule has 2 heterocycles. The highest BCUT2D eigenvalue weighted by Crippen LogP contribution is 2.34. The molecule has 0 saturated heterocycles. The molecule has 0 aliphatic heterocycles. The van der Waals surface area contributed by atoms with Crippen molar-refractivity contribution in [1.29, 1.82) is 0 Å². The van der Waals surface area contributed by atoms with E-state index in [-0.39, 0.29) is 6.42 Å². The molecule has 9 nitrogen and oxygen atoms in total. The molecule has 0 spiro atoms. The van der Waals surface area contributed by atoms with Crippen LogP contribution in [0.3, 0.4) is 0 Å². The number of pyridine rings is 1. The largest absolute Gasteiger partial charge is 0.481 e. The molecule has 2 aromatic heterocycles. The number of imidazole rings is 1. The number of fused-ring (bicyclic) bond motifs is 1. The average molecular weight is 577 g/mol. The number of carbonyl (C=O) groups is 3. The van der Waals surface area contributed by atoms with E-state index < -0.39 is 23.9 Å². The Morgan fingerprint density at radius 3 is 2.21 bits per heavy atom. The zero-order chi connectivity index (χ0) is 30.7. The van der Waals surface area contributed by atoms with Gasteiger partial charge in [-0.15, -0.1) is 0 Å². The van der Waals surface area contributed by atoms with Gasteiger partial charge in [0.15, 0.2) is 0 Å². The number of hydrogen-bond donors (Lipinski definition) is 3. The van der Waals surface area contributed by atoms with Gasteiger partial charge < -0.3 is 20.5 Å². The van der Waals surface area contributed by atoms with Crippen LogP contribution in [0.2, 0.25) is 0 Å². The van der Waals surface area contributed by atoms with Crippen molar-refractivity contribution in [2.75, 3.05) is 12.4 Å². The Kier molecular flexibility index (Phi) is 8.25. The third-order valence-electron chi connectivity index (χ3n) is 7.36. The molecule has 0 fully saturated rings. The highest BCUT2D eigenvalue weighted by atomic mass is 16.5. The number of methoxy groups -OCH3 is 1. The zero-order valence-corrected chi connectivity index (χ0v) is 24.3. The number of carboxylic acids is 1. The molecule has 5 aromatic rings. The van der Waals surface area contributed by atoms with Gasteiger partial charge in [0.25, 0.3) is 5.91 Å². The molecule has 0 aliphatic carbocycles. The minimum atomic E-state index is -1.01. The number of carboxylic acid groups (broad SMARTS) is 1. The third-order valence-corrected chi connectivity index (χ3v) is 7.36. The number of nitrogens with one attached hydrogen (secondary N) is 2. The van der Waals surface area contributed by atoms with E-state index in [2.05, 4.69) is 10.6 Å². The summed E-state index contributed by atoms with van der Waals surface area (Å²) in [6.45, 7) is 5.99. The number of aliphatic carboxylic acids is 1. The van der Waals surface area contributed by atoms with Crippen molar-refractivity contribution in [1.82, 2.24) is 14.7 Å². The van der Waals surface area contributed by atoms with Crippen LogP contribution >= 0.6 is 0 Å². The number of ether oxygens (including phenoxy) is 1. The van der Waals surface area contributed by atoms with Gasteiger partial charge in [0.05, 0.1) is 25.1 Å². The first-order valence-corrected chi connectivity index (χ1v) is 13.8. The maximum atomic E-state index is 13.4. The number of anilines is 2. The molecule has 1 atom stereocenters. The molecule has 1 unspecified atom stereocenters. The van der Waals surface area contributed by atoms with E-state index in [0.29, 0.717) is 33.8 Å². The van der Waals surface area contributed by atoms with E-state index in [9.17, 15) is 19.5 Å². The molecular formula is C34H32N4O5. The van der Waals surface area contributed by atoms with Crippen LogP contribution in [0, 0.1) is 20.8 Å². The summed E-state index contributed by atoms with van der Waals surface area (Å²) in [5.41, 5.74) is 7.45. The zero-order valence-electron chi connectivity index (χ0n) is 24.3. The van der Waals surface area contributed by atoms with Crippen molar-refractivity contribution in [3.63, 3.8) is 0 Å². The van der Waals surface area contributed by atoms with E-state index in [1.807, 2.05) is 67.6 Å². The van der Waals surface area contributed by atoms with E-state index in [4.69, 9.17) is 9.72 Å². The number of aromatic nitrogens is 2. The first kappa shape index (κ1) is 29.1. The highest BCUT2D eigenvalue weighted by molar-refractivity contribution is 5.96. The number of esters is 1. The van der Waals surface area contributed by atoms with E-state index in [1.165, 1.54) is 7.11 Å². The van der Waals surface area contributed by atoms with Crippen molar-refractivity contribution in [3.8, 4) is 11.3 Å². The maximum absolute atomic E-state index is 13.4. The summed E-state index contributed by atoms with van der Waals surface area (Å²) < 4.78 is 6.70. The van der Waals surface area contributed by atoms with E-state index >= 15 is 0 Å². The molecule has 9 heteroatoms. The van der Waals surface area contributed by atoms with Crippen LogP contribution in [0.15, 0.2) is 85.1 Å². The number of carbonyl (C=O) groups excluding carboxylic acids is 2. The van der Waals surface area contributed by atoms with Crippen molar-refractivity contribution >= 4 is 35.0 Å². The number of hydrogen-bond acceptors (Lipinski definition) is 6. The van der Waals surface area contributed by atoms with Crippen LogP contribution in [0.5, 0.6) is 0 Å². The first-order chi connectivity index (χ1) is 20.6. The topological polar surface area (TPSA) is 122 Å². The summed E-state index contributed by atoms with van der Waals surface area (Å²) in [5, 5.41) is 15.9. The van der Waals surface area contributed by atoms with Gasteiger partial charge in [-0.05, 0) is 61.7 Å². The lowest BCUT2D eigenvalue weighted by atomic mass is 10.0. The van der Waals surface area contributed by atoms with Gasteiger partial charge in [-0.2, -0.15) is 0 Å². The summed E-state index contributed by atoms with van der Waals surface area (Å²) in [6, 6.07) is 23.1. The second-order valence-electron chi connectivity index (χ2n) is 10.4. The molecule has 3 N–H and O–H groups in total. The maximum Gasteiger partial charge on any atom is 0.337 e. The van der Waals surface area contributed by atoms with E-state index in [0.717, 1.165) is 27.9 Å². The number of nitrogens with zero attached hydrogens (tertiary/aromatic N) is 2. The van der Waals surface area contributed by atoms with Crippen LogP contribution in [-0.4, -0.2) is 39.4 Å². The Balaban J connectivity index is 1.55. The summed E-state index contributed by atoms with van der Waals surface area (Å²) >= 11 is 0. The molecule has 3 aromatic carbocycles. The van der Waals surface area contributed by atoms with Crippen molar-refractivity contribution < 1.29 is 24.2 Å². The fourth-order valence-corrected chi connectivity index (χ4v) is 4.99. The van der Waals surface area contributed by atoms with Gasteiger partial charge >= 0.3 is 11.9 Å². The molecule has 5 rings (SSSR count). The van der Waals surface area contributed by atoms with Gasteiger partial charge in [-0.1, -0.05) is 60.2 Å². The van der Waals surface area contributed by atoms with Gasteiger partial charge in [-0.3, -0.25) is 14.0 Å². The predicted octanol–water partition coefficient (Wildman–Crippen LogP) is 6.40. The molecule has 43 heavy (non-hydrogen) atoms. The molecule has 1 amide bonds. The van der Waals surface area contributed by atoms with Crippen LogP contribution in [0.1, 0.15) is 55.4 Å². The average Bonchev–Trinajstić information content (AvgIpc) is 3.36. The monoisotopic (exact) mass is 576 g/mol. The third kappa shape index (κ3) is 6.25. The van der Waals surface area contributed by atoms with Gasteiger partial charge in [0.2, 0.25) is 0 Å². The number of aryl methyl sites for hydroxylation is 3. The van der Waals surface area contributed by atoms with Gasteiger partial charge in [0.1, 0.15) is 17.2 Å². The fourth-order valence-electron chi connectivity index (χ4n) is 4.99. The quantitative estimate of drug-likeness (QED) is 0.174. The second-order valence-corrected chi connectivity index (χ2v) is 10.4. The Labute approximate surface area is 249 Å². The Bertz CT molecular complexity index is 1800. The minimum absolute atomic E-state index is 0.254. The minimum Gasteiger partial charge on any atom is -0.481 e. The summed E-state index contributed by atoms with van der Waals surface area (Å²) in [5.74, 6) is -1.17. The van der Waals surface area contributed by atoms with Crippen LogP contribution in [0.25, 0.3) is 16.9 Å². The van der Waals surface area contributed by atoms with Crippen molar-refractivity contribution in [2.45, 2.75) is 33.2 Å². The highest BCUT2D eigenvalue weighted by Gasteiger charge is 2.21. The molecule has 0 radical (unpaired) electrons. The van der Waals surface area contributed by atoms with Gasteiger partial charge in [-0.25, -0.2) is 9.78 Å². The molecule has 0 aliphatic rings. The second kappa shape index (κ2) is 12.2. The van der Waals surface area contributed by atoms with Crippen LogP contribution in [-0.2, 0) is 9.53 Å². The molecule has 0 bridgehead atoms. The normalized spacial score (nSPS) is 11.6. The first-order valence-electron chi connectivity index (χ1n) is 13.8.